The van der Waals surface area contributed by atoms with Crippen LogP contribution in [0.5, 0.6) is 5.75 Å². The van der Waals surface area contributed by atoms with Gasteiger partial charge in [0.1, 0.15) is 5.75 Å². The molecule has 0 atom stereocenters. The minimum atomic E-state index is -0.321. The maximum Gasteiger partial charge on any atom is 0.258 e. The van der Waals surface area contributed by atoms with Gasteiger partial charge in [-0.2, -0.15) is 0 Å². The zero-order chi connectivity index (χ0) is 18.2. The highest BCUT2D eigenvalue weighted by atomic mass is 16.5. The van der Waals surface area contributed by atoms with Gasteiger partial charge in [-0.15, -0.1) is 0 Å². The number of hydrogen-bond donors (Lipinski definition) is 1. The maximum absolute atomic E-state index is 12.2. The van der Waals surface area contributed by atoms with Crippen molar-refractivity contribution in [2.75, 3.05) is 44.2 Å². The molecule has 2 amide bonds. The van der Waals surface area contributed by atoms with Crippen molar-refractivity contribution in [3.05, 3.63) is 48.8 Å². The molecule has 1 aliphatic rings. The summed E-state index contributed by atoms with van der Waals surface area (Å²) in [5, 5.41) is 2.60. The quantitative estimate of drug-likeness (QED) is 0.803. The molecule has 1 N–H and O–H groups in total. The fourth-order valence-corrected chi connectivity index (χ4v) is 2.61. The van der Waals surface area contributed by atoms with E-state index in [9.17, 15) is 9.59 Å². The Morgan fingerprint density at radius 1 is 1.00 bits per heavy atom. The van der Waals surface area contributed by atoms with Crippen LogP contribution < -0.4 is 15.0 Å². The molecule has 0 bridgehead atoms. The van der Waals surface area contributed by atoms with Gasteiger partial charge in [0.2, 0.25) is 11.9 Å². The molecule has 0 spiro atoms. The van der Waals surface area contributed by atoms with E-state index in [1.807, 2.05) is 23.1 Å². The average Bonchev–Trinajstić information content (AvgIpc) is 2.72. The van der Waals surface area contributed by atoms with Crippen molar-refractivity contribution in [1.29, 1.82) is 0 Å². The van der Waals surface area contributed by atoms with Gasteiger partial charge in [-0.25, -0.2) is 9.97 Å². The Balaban J connectivity index is 1.37. The highest BCUT2D eigenvalue weighted by molar-refractivity contribution is 5.85. The second-order valence-corrected chi connectivity index (χ2v) is 5.80. The third-order valence-corrected chi connectivity index (χ3v) is 4.02. The van der Waals surface area contributed by atoms with E-state index in [0.29, 0.717) is 37.9 Å². The number of aromatic nitrogens is 2. The molecule has 0 unspecified atom stereocenters. The summed E-state index contributed by atoms with van der Waals surface area (Å²) in [5.41, 5.74) is 0. The summed E-state index contributed by atoms with van der Waals surface area (Å²) < 4.78 is 5.35. The summed E-state index contributed by atoms with van der Waals surface area (Å²) in [4.78, 5) is 36.3. The Kier molecular flexibility index (Phi) is 5.97. The van der Waals surface area contributed by atoms with Crippen LogP contribution >= 0.6 is 0 Å². The van der Waals surface area contributed by atoms with Gasteiger partial charge in [-0.05, 0) is 18.2 Å². The lowest BCUT2D eigenvalue weighted by molar-refractivity contribution is -0.133. The van der Waals surface area contributed by atoms with Crippen molar-refractivity contribution in [3.8, 4) is 5.75 Å². The number of para-hydroxylation sites is 1. The van der Waals surface area contributed by atoms with E-state index in [1.165, 1.54) is 0 Å². The first kappa shape index (κ1) is 17.7. The molecule has 0 saturated carbocycles. The Morgan fingerprint density at radius 2 is 1.69 bits per heavy atom. The molecule has 3 rings (SSSR count). The lowest BCUT2D eigenvalue weighted by Gasteiger charge is -2.34. The molecule has 2 heterocycles. The second kappa shape index (κ2) is 8.80. The van der Waals surface area contributed by atoms with Crippen molar-refractivity contribution in [1.82, 2.24) is 20.2 Å². The van der Waals surface area contributed by atoms with E-state index in [4.69, 9.17) is 4.74 Å². The molecule has 1 saturated heterocycles. The summed E-state index contributed by atoms with van der Waals surface area (Å²) in [6.07, 6.45) is 3.40. The molecular formula is C18H21N5O3. The number of rotatable bonds is 6. The number of benzene rings is 1. The van der Waals surface area contributed by atoms with Gasteiger partial charge in [0, 0.05) is 38.6 Å². The molecule has 1 aliphatic heterocycles. The van der Waals surface area contributed by atoms with Crippen LogP contribution in [0.1, 0.15) is 0 Å². The summed E-state index contributed by atoms with van der Waals surface area (Å²) in [6.45, 7) is 2.35. The number of carbonyl (C=O) groups excluding carboxylic acids is 2. The van der Waals surface area contributed by atoms with Gasteiger partial charge < -0.3 is 19.9 Å². The van der Waals surface area contributed by atoms with Crippen molar-refractivity contribution >= 4 is 17.8 Å². The first-order chi connectivity index (χ1) is 12.7. The smallest absolute Gasteiger partial charge is 0.258 e. The highest BCUT2D eigenvalue weighted by Crippen LogP contribution is 2.10. The summed E-state index contributed by atoms with van der Waals surface area (Å²) >= 11 is 0. The standard InChI is InChI=1S/C18H21N5O3/c24-16(14-26-15-5-2-1-3-6-15)21-13-17(25)22-9-11-23(12-10-22)18-19-7-4-8-20-18/h1-8H,9-14H2,(H,21,24). The van der Waals surface area contributed by atoms with Crippen LogP contribution in [0.2, 0.25) is 0 Å². The molecule has 2 aromatic rings. The predicted molar refractivity (Wildman–Crippen MR) is 95.8 cm³/mol. The number of amides is 2. The van der Waals surface area contributed by atoms with Gasteiger partial charge >= 0.3 is 0 Å². The molecular weight excluding hydrogens is 334 g/mol. The first-order valence-corrected chi connectivity index (χ1v) is 8.46. The number of carbonyl (C=O) groups is 2. The summed E-state index contributed by atoms with van der Waals surface area (Å²) in [6, 6.07) is 10.8. The zero-order valence-electron chi connectivity index (χ0n) is 14.4. The Hall–Kier alpha value is -3.16. The number of ether oxygens (including phenoxy) is 1. The van der Waals surface area contributed by atoms with Crippen molar-refractivity contribution < 1.29 is 14.3 Å². The third kappa shape index (κ3) is 4.92. The zero-order valence-corrected chi connectivity index (χ0v) is 14.4. The van der Waals surface area contributed by atoms with Crippen molar-refractivity contribution in [2.24, 2.45) is 0 Å². The minimum absolute atomic E-state index is 0.0289. The van der Waals surface area contributed by atoms with E-state index < -0.39 is 0 Å². The number of nitrogens with zero attached hydrogens (tertiary/aromatic N) is 4. The maximum atomic E-state index is 12.2. The van der Waals surface area contributed by atoms with Crippen LogP contribution in [-0.4, -0.2) is 66.0 Å². The van der Waals surface area contributed by atoms with E-state index in [-0.39, 0.29) is 25.0 Å². The topological polar surface area (TPSA) is 87.7 Å². The van der Waals surface area contributed by atoms with Crippen LogP contribution in [0.3, 0.4) is 0 Å². The Labute approximate surface area is 151 Å². The molecule has 1 fully saturated rings. The lowest BCUT2D eigenvalue weighted by atomic mass is 10.3. The Bertz CT molecular complexity index is 718. The molecule has 26 heavy (non-hydrogen) atoms. The SMILES string of the molecule is O=C(COc1ccccc1)NCC(=O)N1CCN(c2ncccn2)CC1. The van der Waals surface area contributed by atoms with Crippen molar-refractivity contribution in [2.45, 2.75) is 0 Å². The van der Waals surface area contributed by atoms with Crippen LogP contribution in [0.4, 0.5) is 5.95 Å². The van der Waals surface area contributed by atoms with Gasteiger partial charge in [0.25, 0.3) is 5.91 Å². The summed E-state index contributed by atoms with van der Waals surface area (Å²) in [5.74, 6) is 0.865. The van der Waals surface area contributed by atoms with E-state index in [2.05, 4.69) is 15.3 Å². The highest BCUT2D eigenvalue weighted by Gasteiger charge is 2.22. The second-order valence-electron chi connectivity index (χ2n) is 5.80. The largest absolute Gasteiger partial charge is 0.484 e. The molecule has 0 radical (unpaired) electrons. The van der Waals surface area contributed by atoms with E-state index in [1.54, 1.807) is 35.5 Å². The fraction of sp³-hybridized carbons (Fsp3) is 0.333. The number of anilines is 1. The third-order valence-electron chi connectivity index (χ3n) is 4.02. The summed E-state index contributed by atoms with van der Waals surface area (Å²) in [7, 11) is 0. The molecule has 8 nitrogen and oxygen atoms in total. The van der Waals surface area contributed by atoms with Gasteiger partial charge in [0.05, 0.1) is 6.54 Å². The number of nitrogens with one attached hydrogen (secondary N) is 1. The first-order valence-electron chi connectivity index (χ1n) is 8.46. The fourth-order valence-electron chi connectivity index (χ4n) is 2.61. The molecule has 0 aliphatic carbocycles. The molecule has 1 aromatic heterocycles. The Morgan fingerprint density at radius 3 is 2.38 bits per heavy atom. The van der Waals surface area contributed by atoms with Crippen molar-refractivity contribution in [3.63, 3.8) is 0 Å². The minimum Gasteiger partial charge on any atom is -0.484 e. The normalized spacial score (nSPS) is 14.0. The van der Waals surface area contributed by atoms with Gasteiger partial charge in [-0.3, -0.25) is 9.59 Å². The molecule has 8 heteroatoms. The monoisotopic (exact) mass is 355 g/mol. The predicted octanol–water partition coefficient (Wildman–Crippen LogP) is 0.320. The van der Waals surface area contributed by atoms with Crippen LogP contribution in [0.25, 0.3) is 0 Å². The average molecular weight is 355 g/mol. The number of piperazine rings is 1. The molecule has 1 aromatic carbocycles. The van der Waals surface area contributed by atoms with Crippen LogP contribution in [0.15, 0.2) is 48.8 Å². The molecule has 136 valence electrons. The van der Waals surface area contributed by atoms with Crippen LogP contribution in [0, 0.1) is 0 Å². The van der Waals surface area contributed by atoms with Crippen LogP contribution in [-0.2, 0) is 9.59 Å². The van der Waals surface area contributed by atoms with E-state index >= 15 is 0 Å². The lowest BCUT2D eigenvalue weighted by Crippen LogP contribution is -2.51. The van der Waals surface area contributed by atoms with E-state index in [0.717, 1.165) is 0 Å². The number of hydrogen-bond acceptors (Lipinski definition) is 6. The van der Waals surface area contributed by atoms with Gasteiger partial charge in [0.15, 0.2) is 6.61 Å². The van der Waals surface area contributed by atoms with Gasteiger partial charge in [-0.1, -0.05) is 18.2 Å².